The Kier molecular flexibility index (Phi) is 5.33. The van der Waals surface area contributed by atoms with Gasteiger partial charge in [-0.15, -0.1) is 0 Å². The Hall–Kier alpha value is -0.580. The minimum atomic E-state index is 0.271. The molecule has 1 N–H and O–H groups in total. The average Bonchev–Trinajstić information content (AvgIpc) is 2.45. The molecule has 0 radical (unpaired) electrons. The largest absolute Gasteiger partial charge is 0.369 e. The molecule has 0 amide bonds. The van der Waals surface area contributed by atoms with Crippen LogP contribution in [0.2, 0.25) is 0 Å². The van der Waals surface area contributed by atoms with Gasteiger partial charge in [0.25, 0.3) is 0 Å². The summed E-state index contributed by atoms with van der Waals surface area (Å²) in [6.07, 6.45) is 0. The van der Waals surface area contributed by atoms with Crippen molar-refractivity contribution >= 4 is 21.6 Å². The van der Waals surface area contributed by atoms with Gasteiger partial charge in [-0.3, -0.25) is 4.90 Å². The Labute approximate surface area is 137 Å². The van der Waals surface area contributed by atoms with Crippen LogP contribution in [0.25, 0.3) is 0 Å². The van der Waals surface area contributed by atoms with Crippen molar-refractivity contribution in [2.24, 2.45) is 0 Å². The van der Waals surface area contributed by atoms with E-state index in [1.54, 1.807) is 0 Å². The molecule has 0 saturated carbocycles. The molecule has 1 unspecified atom stereocenters. The zero-order chi connectivity index (χ0) is 15.6. The summed E-state index contributed by atoms with van der Waals surface area (Å²) in [6.45, 7) is 13.6. The summed E-state index contributed by atoms with van der Waals surface area (Å²) in [4.78, 5) is 5.10. The van der Waals surface area contributed by atoms with Crippen molar-refractivity contribution in [2.45, 2.75) is 39.3 Å². The molecular formula is C17H28BrN3. The van der Waals surface area contributed by atoms with Gasteiger partial charge in [0.05, 0.1) is 0 Å². The van der Waals surface area contributed by atoms with Gasteiger partial charge in [0.2, 0.25) is 0 Å². The predicted octanol–water partition coefficient (Wildman–Crippen LogP) is 3.65. The molecule has 0 bridgehead atoms. The van der Waals surface area contributed by atoms with Gasteiger partial charge < -0.3 is 10.2 Å². The topological polar surface area (TPSA) is 18.5 Å². The van der Waals surface area contributed by atoms with Crippen molar-refractivity contribution in [3.63, 3.8) is 0 Å². The van der Waals surface area contributed by atoms with Crippen LogP contribution in [0.15, 0.2) is 22.7 Å². The molecule has 21 heavy (non-hydrogen) atoms. The lowest BCUT2D eigenvalue weighted by molar-refractivity contribution is 0.128. The Morgan fingerprint density at radius 2 is 1.76 bits per heavy atom. The number of anilines is 1. The molecule has 118 valence electrons. The predicted molar refractivity (Wildman–Crippen MR) is 95.2 cm³/mol. The fourth-order valence-corrected chi connectivity index (χ4v) is 3.31. The van der Waals surface area contributed by atoms with Crippen LogP contribution in [0.3, 0.4) is 0 Å². The second kappa shape index (κ2) is 6.67. The SMILES string of the molecule is CNC(C)c1cc(Br)ccc1N1CCN(C(C)(C)C)CC1. The molecule has 1 aliphatic heterocycles. The molecule has 1 aromatic rings. The number of nitrogens with zero attached hydrogens (tertiary/aromatic N) is 2. The van der Waals surface area contributed by atoms with Crippen LogP contribution < -0.4 is 10.2 Å². The first-order valence-electron chi connectivity index (χ1n) is 7.79. The van der Waals surface area contributed by atoms with E-state index in [-0.39, 0.29) is 5.54 Å². The average molecular weight is 354 g/mol. The number of nitrogens with one attached hydrogen (secondary N) is 1. The molecule has 0 aromatic heterocycles. The second-order valence-corrected chi connectivity index (χ2v) is 7.77. The van der Waals surface area contributed by atoms with Crippen molar-refractivity contribution < 1.29 is 0 Å². The van der Waals surface area contributed by atoms with Gasteiger partial charge in [0.1, 0.15) is 0 Å². The zero-order valence-electron chi connectivity index (χ0n) is 13.9. The van der Waals surface area contributed by atoms with E-state index in [4.69, 9.17) is 0 Å². The first-order valence-corrected chi connectivity index (χ1v) is 8.59. The van der Waals surface area contributed by atoms with Crippen molar-refractivity contribution in [1.82, 2.24) is 10.2 Å². The third-order valence-electron chi connectivity index (χ3n) is 4.46. The molecule has 1 aliphatic rings. The van der Waals surface area contributed by atoms with Crippen LogP contribution in [-0.4, -0.2) is 43.7 Å². The molecular weight excluding hydrogens is 326 g/mol. The standard InChI is InChI=1S/C17H28BrN3/c1-13(19-5)15-12-14(18)6-7-16(15)20-8-10-21(11-9-20)17(2,3)4/h6-7,12-13,19H,8-11H2,1-5H3. The number of benzene rings is 1. The summed E-state index contributed by atoms with van der Waals surface area (Å²) in [5, 5.41) is 3.36. The van der Waals surface area contributed by atoms with Crippen molar-refractivity contribution in [3.05, 3.63) is 28.2 Å². The smallest absolute Gasteiger partial charge is 0.0416 e. The summed E-state index contributed by atoms with van der Waals surface area (Å²) in [5.74, 6) is 0. The highest BCUT2D eigenvalue weighted by Crippen LogP contribution is 2.30. The van der Waals surface area contributed by atoms with E-state index >= 15 is 0 Å². The number of hydrogen-bond acceptors (Lipinski definition) is 3. The molecule has 1 saturated heterocycles. The fourth-order valence-electron chi connectivity index (χ4n) is 2.93. The first kappa shape index (κ1) is 16.8. The summed E-state index contributed by atoms with van der Waals surface area (Å²) < 4.78 is 1.15. The van der Waals surface area contributed by atoms with Crippen LogP contribution in [0.5, 0.6) is 0 Å². The van der Waals surface area contributed by atoms with Gasteiger partial charge in [-0.1, -0.05) is 15.9 Å². The maximum Gasteiger partial charge on any atom is 0.0416 e. The quantitative estimate of drug-likeness (QED) is 0.894. The van der Waals surface area contributed by atoms with Crippen LogP contribution in [-0.2, 0) is 0 Å². The van der Waals surface area contributed by atoms with Crippen LogP contribution in [0.1, 0.15) is 39.3 Å². The highest BCUT2D eigenvalue weighted by atomic mass is 79.9. The fraction of sp³-hybridized carbons (Fsp3) is 0.647. The van der Waals surface area contributed by atoms with Gasteiger partial charge in [-0.2, -0.15) is 0 Å². The van der Waals surface area contributed by atoms with E-state index in [2.05, 4.69) is 76.9 Å². The minimum Gasteiger partial charge on any atom is -0.369 e. The molecule has 0 spiro atoms. The van der Waals surface area contributed by atoms with Crippen molar-refractivity contribution in [2.75, 3.05) is 38.1 Å². The van der Waals surface area contributed by atoms with E-state index in [1.807, 2.05) is 7.05 Å². The molecule has 1 fully saturated rings. The molecule has 3 nitrogen and oxygen atoms in total. The minimum absolute atomic E-state index is 0.271. The third-order valence-corrected chi connectivity index (χ3v) is 4.95. The Morgan fingerprint density at radius 1 is 1.14 bits per heavy atom. The van der Waals surface area contributed by atoms with Gasteiger partial charge in [-0.25, -0.2) is 0 Å². The van der Waals surface area contributed by atoms with E-state index in [0.717, 1.165) is 30.7 Å². The van der Waals surface area contributed by atoms with Gasteiger partial charge in [-0.05, 0) is 58.5 Å². The van der Waals surface area contributed by atoms with Gasteiger partial charge >= 0.3 is 0 Å². The highest BCUT2D eigenvalue weighted by Gasteiger charge is 2.27. The molecule has 1 heterocycles. The Morgan fingerprint density at radius 3 is 2.29 bits per heavy atom. The summed E-state index contributed by atoms with van der Waals surface area (Å²) in [6, 6.07) is 7.00. The lowest BCUT2D eigenvalue weighted by Crippen LogP contribution is -2.53. The number of piperazine rings is 1. The van der Waals surface area contributed by atoms with Crippen molar-refractivity contribution in [3.8, 4) is 0 Å². The first-order chi connectivity index (χ1) is 9.82. The maximum atomic E-state index is 3.60. The summed E-state index contributed by atoms with van der Waals surface area (Å²) in [5.41, 5.74) is 3.01. The lowest BCUT2D eigenvalue weighted by atomic mass is 10.0. The summed E-state index contributed by atoms with van der Waals surface area (Å²) >= 11 is 3.60. The molecule has 4 heteroatoms. The van der Waals surface area contributed by atoms with E-state index in [0.29, 0.717) is 6.04 Å². The number of hydrogen-bond donors (Lipinski definition) is 1. The number of rotatable bonds is 3. The zero-order valence-corrected chi connectivity index (χ0v) is 15.5. The Bertz CT molecular complexity index is 473. The van der Waals surface area contributed by atoms with Crippen LogP contribution in [0.4, 0.5) is 5.69 Å². The summed E-state index contributed by atoms with van der Waals surface area (Å²) in [7, 11) is 2.02. The van der Waals surface area contributed by atoms with Gasteiger partial charge in [0.15, 0.2) is 0 Å². The van der Waals surface area contributed by atoms with E-state index in [9.17, 15) is 0 Å². The molecule has 1 atom stereocenters. The monoisotopic (exact) mass is 353 g/mol. The van der Waals surface area contributed by atoms with E-state index < -0.39 is 0 Å². The molecule has 1 aromatic carbocycles. The molecule has 0 aliphatic carbocycles. The number of halogens is 1. The highest BCUT2D eigenvalue weighted by molar-refractivity contribution is 9.10. The maximum absolute atomic E-state index is 3.60. The third kappa shape index (κ3) is 3.99. The Balaban J connectivity index is 2.17. The van der Waals surface area contributed by atoms with Crippen molar-refractivity contribution in [1.29, 1.82) is 0 Å². The van der Waals surface area contributed by atoms with E-state index in [1.165, 1.54) is 11.3 Å². The second-order valence-electron chi connectivity index (χ2n) is 6.86. The van der Waals surface area contributed by atoms with Crippen LogP contribution in [0, 0.1) is 0 Å². The van der Waals surface area contributed by atoms with Crippen LogP contribution >= 0.6 is 15.9 Å². The molecule has 2 rings (SSSR count). The normalized spacial score (nSPS) is 18.9. The van der Waals surface area contributed by atoms with Gasteiger partial charge in [0, 0.05) is 47.9 Å². The lowest BCUT2D eigenvalue weighted by Gasteiger charge is -2.43.